The highest BCUT2D eigenvalue weighted by molar-refractivity contribution is 6.08. The van der Waals surface area contributed by atoms with Gasteiger partial charge in [0.15, 0.2) is 5.78 Å². The van der Waals surface area contributed by atoms with E-state index in [4.69, 9.17) is 14.2 Å². The number of hydrogen-bond acceptors (Lipinski definition) is 5. The molecule has 3 aromatic carbocycles. The summed E-state index contributed by atoms with van der Waals surface area (Å²) >= 11 is 0. The number of phenolic OH excluding ortho intramolecular Hbond substituents is 1. The fourth-order valence-electron chi connectivity index (χ4n) is 2.90. The summed E-state index contributed by atoms with van der Waals surface area (Å²) in [5, 5.41) is 9.63. The Morgan fingerprint density at radius 3 is 2.50 bits per heavy atom. The lowest BCUT2D eigenvalue weighted by molar-refractivity contribution is 0.104. The van der Waals surface area contributed by atoms with Gasteiger partial charge in [0.2, 0.25) is 0 Å². The number of carbonyl (C=O) groups is 1. The number of phenols is 1. The second-order valence-electron chi connectivity index (χ2n) is 6.49. The minimum atomic E-state index is -0.211. The zero-order chi connectivity index (χ0) is 21.3. The minimum Gasteiger partial charge on any atom is -0.508 e. The first-order valence-electron chi connectivity index (χ1n) is 9.63. The summed E-state index contributed by atoms with van der Waals surface area (Å²) < 4.78 is 16.7. The van der Waals surface area contributed by atoms with Crippen LogP contribution in [-0.2, 0) is 6.61 Å². The minimum absolute atomic E-state index is 0.106. The number of methoxy groups -OCH3 is 1. The van der Waals surface area contributed by atoms with Gasteiger partial charge in [-0.3, -0.25) is 4.79 Å². The molecule has 0 amide bonds. The quantitative estimate of drug-likeness (QED) is 0.389. The molecule has 3 aromatic rings. The van der Waals surface area contributed by atoms with Crippen LogP contribution >= 0.6 is 0 Å². The van der Waals surface area contributed by atoms with Crippen molar-refractivity contribution >= 4 is 11.9 Å². The zero-order valence-electron chi connectivity index (χ0n) is 17.0. The van der Waals surface area contributed by atoms with Crippen molar-refractivity contribution in [2.75, 3.05) is 13.7 Å². The van der Waals surface area contributed by atoms with Crippen molar-refractivity contribution in [2.24, 2.45) is 0 Å². The Bertz CT molecular complexity index is 1020. The lowest BCUT2D eigenvalue weighted by Gasteiger charge is -2.11. The number of rotatable bonds is 9. The first-order valence-corrected chi connectivity index (χ1v) is 9.63. The molecule has 0 bridgehead atoms. The molecule has 30 heavy (non-hydrogen) atoms. The Labute approximate surface area is 176 Å². The zero-order valence-corrected chi connectivity index (χ0v) is 17.0. The van der Waals surface area contributed by atoms with E-state index in [-0.39, 0.29) is 11.5 Å². The third kappa shape index (κ3) is 5.41. The number of hydrogen-bond donors (Lipinski definition) is 1. The van der Waals surface area contributed by atoms with Crippen LogP contribution in [0.5, 0.6) is 23.0 Å². The summed E-state index contributed by atoms with van der Waals surface area (Å²) in [6, 6.07) is 19.7. The lowest BCUT2D eigenvalue weighted by atomic mass is 10.1. The van der Waals surface area contributed by atoms with Crippen molar-refractivity contribution in [2.45, 2.75) is 13.5 Å². The molecule has 0 aliphatic heterocycles. The second kappa shape index (κ2) is 10.2. The largest absolute Gasteiger partial charge is 0.508 e. The number of aromatic hydroxyl groups is 1. The molecular formula is C25H24O5. The topological polar surface area (TPSA) is 65.0 Å². The van der Waals surface area contributed by atoms with Crippen molar-refractivity contribution < 1.29 is 24.1 Å². The highest BCUT2D eigenvalue weighted by atomic mass is 16.5. The summed E-state index contributed by atoms with van der Waals surface area (Å²) in [7, 11) is 1.52. The molecule has 5 nitrogen and oxygen atoms in total. The molecule has 0 spiro atoms. The lowest BCUT2D eigenvalue weighted by Crippen LogP contribution is -2.01. The van der Waals surface area contributed by atoms with Gasteiger partial charge in [-0.15, -0.1) is 0 Å². The van der Waals surface area contributed by atoms with E-state index in [2.05, 4.69) is 0 Å². The Morgan fingerprint density at radius 1 is 0.967 bits per heavy atom. The van der Waals surface area contributed by atoms with Crippen molar-refractivity contribution in [3.05, 3.63) is 89.5 Å². The van der Waals surface area contributed by atoms with E-state index in [1.807, 2.05) is 37.3 Å². The highest BCUT2D eigenvalue weighted by Crippen LogP contribution is 2.28. The normalized spacial score (nSPS) is 10.7. The van der Waals surface area contributed by atoms with Crippen LogP contribution in [0.2, 0.25) is 0 Å². The molecule has 154 valence electrons. The Balaban J connectivity index is 1.75. The van der Waals surface area contributed by atoms with Gasteiger partial charge in [-0.05, 0) is 48.9 Å². The summed E-state index contributed by atoms with van der Waals surface area (Å²) in [4.78, 5) is 12.7. The highest BCUT2D eigenvalue weighted by Gasteiger charge is 2.12. The second-order valence-corrected chi connectivity index (χ2v) is 6.49. The average molecular weight is 404 g/mol. The van der Waals surface area contributed by atoms with Crippen molar-refractivity contribution in [3.8, 4) is 23.0 Å². The molecule has 0 aromatic heterocycles. The molecule has 5 heteroatoms. The summed E-state index contributed by atoms with van der Waals surface area (Å²) in [5.74, 6) is 1.46. The van der Waals surface area contributed by atoms with Gasteiger partial charge in [0, 0.05) is 17.7 Å². The molecule has 0 saturated carbocycles. The Morgan fingerprint density at radius 2 is 1.77 bits per heavy atom. The molecule has 0 radical (unpaired) electrons. The summed E-state index contributed by atoms with van der Waals surface area (Å²) in [5.41, 5.74) is 2.18. The fraction of sp³-hybridized carbons (Fsp3) is 0.160. The van der Waals surface area contributed by atoms with Gasteiger partial charge in [-0.25, -0.2) is 0 Å². The van der Waals surface area contributed by atoms with E-state index < -0.39 is 0 Å². The molecule has 0 fully saturated rings. The molecule has 3 rings (SSSR count). The van der Waals surface area contributed by atoms with Gasteiger partial charge in [0.05, 0.1) is 19.3 Å². The van der Waals surface area contributed by atoms with Gasteiger partial charge in [0.1, 0.15) is 29.6 Å². The molecule has 0 saturated heterocycles. The maximum atomic E-state index is 12.7. The third-order valence-corrected chi connectivity index (χ3v) is 4.40. The van der Waals surface area contributed by atoms with Crippen molar-refractivity contribution in [3.63, 3.8) is 0 Å². The molecule has 0 atom stereocenters. The van der Waals surface area contributed by atoms with Crippen molar-refractivity contribution in [1.29, 1.82) is 0 Å². The van der Waals surface area contributed by atoms with Gasteiger partial charge < -0.3 is 19.3 Å². The summed E-state index contributed by atoms with van der Waals surface area (Å²) in [6.07, 6.45) is 3.11. The number of benzene rings is 3. The number of ketones is 1. The molecular weight excluding hydrogens is 380 g/mol. The summed E-state index contributed by atoms with van der Waals surface area (Å²) in [6.45, 7) is 2.74. The SMILES string of the molecule is CCOc1cc(O)ccc1C=CC(=O)c1ccc(OCc2ccccc2)cc1OC. The van der Waals surface area contributed by atoms with Gasteiger partial charge >= 0.3 is 0 Å². The van der Waals surface area contributed by atoms with Crippen LogP contribution < -0.4 is 14.2 Å². The number of carbonyl (C=O) groups excluding carboxylic acids is 1. The molecule has 0 heterocycles. The van der Waals surface area contributed by atoms with Crippen LogP contribution in [0.3, 0.4) is 0 Å². The number of ether oxygens (including phenoxy) is 3. The Kier molecular flexibility index (Phi) is 7.11. The maximum Gasteiger partial charge on any atom is 0.189 e. The molecule has 0 aliphatic rings. The van der Waals surface area contributed by atoms with Crippen LogP contribution in [0.25, 0.3) is 6.08 Å². The third-order valence-electron chi connectivity index (χ3n) is 4.40. The van der Waals surface area contributed by atoms with Crippen LogP contribution in [0, 0.1) is 0 Å². The number of allylic oxidation sites excluding steroid dienone is 1. The first kappa shape index (κ1) is 21.0. The van der Waals surface area contributed by atoms with E-state index in [0.29, 0.717) is 41.6 Å². The standard InChI is InChI=1S/C25H24O5/c1-3-29-24-15-20(26)11-9-19(24)10-14-23(27)22-13-12-21(16-25(22)28-2)30-17-18-7-5-4-6-8-18/h4-16,26H,3,17H2,1-2H3. The molecule has 0 aliphatic carbocycles. The van der Waals surface area contributed by atoms with Crippen LogP contribution in [-0.4, -0.2) is 24.6 Å². The van der Waals surface area contributed by atoms with E-state index >= 15 is 0 Å². The van der Waals surface area contributed by atoms with E-state index in [0.717, 1.165) is 5.56 Å². The monoisotopic (exact) mass is 404 g/mol. The van der Waals surface area contributed by atoms with Crippen molar-refractivity contribution in [1.82, 2.24) is 0 Å². The van der Waals surface area contributed by atoms with Gasteiger partial charge in [0.25, 0.3) is 0 Å². The molecule has 1 N–H and O–H groups in total. The van der Waals surface area contributed by atoms with E-state index in [1.54, 1.807) is 36.4 Å². The predicted octanol–water partition coefficient (Wildman–Crippen LogP) is 5.27. The van der Waals surface area contributed by atoms with Crippen LogP contribution in [0.1, 0.15) is 28.4 Å². The predicted molar refractivity (Wildman–Crippen MR) is 116 cm³/mol. The van der Waals surface area contributed by atoms with E-state index in [9.17, 15) is 9.90 Å². The average Bonchev–Trinajstić information content (AvgIpc) is 2.77. The van der Waals surface area contributed by atoms with Gasteiger partial charge in [-0.1, -0.05) is 30.3 Å². The first-order chi connectivity index (χ1) is 14.6. The Hall–Kier alpha value is -3.73. The van der Waals surface area contributed by atoms with Gasteiger partial charge in [-0.2, -0.15) is 0 Å². The van der Waals surface area contributed by atoms with Crippen LogP contribution in [0.15, 0.2) is 72.8 Å². The smallest absolute Gasteiger partial charge is 0.189 e. The van der Waals surface area contributed by atoms with E-state index in [1.165, 1.54) is 19.3 Å². The van der Waals surface area contributed by atoms with Crippen LogP contribution in [0.4, 0.5) is 0 Å². The molecule has 0 unspecified atom stereocenters. The fourth-order valence-corrected chi connectivity index (χ4v) is 2.90. The maximum absolute atomic E-state index is 12.7.